The first-order valence-corrected chi connectivity index (χ1v) is 10.9. The van der Waals surface area contributed by atoms with Gasteiger partial charge in [0.15, 0.2) is 8.32 Å². The Morgan fingerprint density at radius 1 is 1.52 bits per heavy atom. The normalized spacial score (nSPS) is 30.6. The van der Waals surface area contributed by atoms with Crippen molar-refractivity contribution in [3.05, 3.63) is 22.7 Å². The number of ether oxygens (including phenoxy) is 1. The van der Waals surface area contributed by atoms with Gasteiger partial charge in [-0.15, -0.1) is 0 Å². The van der Waals surface area contributed by atoms with Crippen LogP contribution in [-0.4, -0.2) is 48.0 Å². The van der Waals surface area contributed by atoms with Crippen molar-refractivity contribution in [2.75, 3.05) is 12.3 Å². The van der Waals surface area contributed by atoms with Crippen LogP contribution in [0.25, 0.3) is 0 Å². The number of aliphatic hydroxyl groups is 1. The number of aliphatic hydroxyl groups excluding tert-OH is 1. The minimum atomic E-state index is -3.17. The molecule has 1 aromatic heterocycles. The van der Waals surface area contributed by atoms with Crippen molar-refractivity contribution in [3.63, 3.8) is 0 Å². The maximum absolute atomic E-state index is 15.1. The van der Waals surface area contributed by atoms with Gasteiger partial charge in [-0.05, 0) is 24.2 Å². The van der Waals surface area contributed by atoms with E-state index < -0.39 is 38.4 Å². The minimum Gasteiger partial charge on any atom is -0.414 e. The Morgan fingerprint density at radius 3 is 2.64 bits per heavy atom. The van der Waals surface area contributed by atoms with Gasteiger partial charge in [-0.25, -0.2) is 13.8 Å². The largest absolute Gasteiger partial charge is 0.414 e. The molecule has 0 spiro atoms. The molecule has 4 atom stereocenters. The predicted molar refractivity (Wildman–Crippen MR) is 90.9 cm³/mol. The Morgan fingerprint density at radius 2 is 2.12 bits per heavy atom. The summed E-state index contributed by atoms with van der Waals surface area (Å²) in [4.78, 5) is 15.2. The molecule has 7 nitrogen and oxygen atoms in total. The number of hydrogen-bond donors (Lipinski definition) is 2. The average molecular weight is 377 g/mol. The van der Waals surface area contributed by atoms with E-state index in [1.165, 1.54) is 0 Å². The van der Waals surface area contributed by atoms with Crippen LogP contribution in [0.2, 0.25) is 18.1 Å². The number of halogens is 2. The highest BCUT2D eigenvalue weighted by molar-refractivity contribution is 6.74. The Labute approximate surface area is 145 Å². The molecule has 2 heterocycles. The van der Waals surface area contributed by atoms with E-state index in [0.717, 1.165) is 12.3 Å². The summed E-state index contributed by atoms with van der Waals surface area (Å²) < 4.78 is 40.8. The topological polar surface area (TPSA) is 99.6 Å². The molecule has 0 aromatic carbocycles. The molecule has 142 valence electrons. The lowest BCUT2D eigenvalue weighted by Gasteiger charge is -2.37. The number of hydrogen-bond acceptors (Lipinski definition) is 6. The predicted octanol–water partition coefficient (Wildman–Crippen LogP) is 1.52. The summed E-state index contributed by atoms with van der Waals surface area (Å²) in [6.45, 7) is 9.81. The van der Waals surface area contributed by atoms with E-state index in [9.17, 15) is 14.3 Å². The van der Waals surface area contributed by atoms with Crippen molar-refractivity contribution in [1.82, 2.24) is 9.55 Å². The van der Waals surface area contributed by atoms with Crippen LogP contribution < -0.4 is 11.4 Å². The van der Waals surface area contributed by atoms with Crippen LogP contribution in [0.4, 0.5) is 14.6 Å². The van der Waals surface area contributed by atoms with Gasteiger partial charge in [0.1, 0.15) is 18.0 Å². The number of anilines is 1. The van der Waals surface area contributed by atoms with Crippen molar-refractivity contribution < 1.29 is 23.1 Å². The number of nitrogens with zero attached hydrogens (tertiary/aromatic N) is 2. The fourth-order valence-electron chi connectivity index (χ4n) is 2.22. The Balaban J connectivity index is 2.22. The molecule has 1 aliphatic rings. The van der Waals surface area contributed by atoms with Crippen molar-refractivity contribution >= 4 is 14.1 Å². The van der Waals surface area contributed by atoms with Gasteiger partial charge in [0, 0.05) is 6.20 Å². The molecule has 25 heavy (non-hydrogen) atoms. The number of nitrogen functional groups attached to an aromatic ring is 1. The van der Waals surface area contributed by atoms with Crippen LogP contribution in [0.15, 0.2) is 17.1 Å². The SMILES string of the molecule is CC(C)(C)[Si](C)(C)OC[C@H]1O[C@@](F)(n2ccc(N)nc2=O)C(F)C1O. The highest BCUT2D eigenvalue weighted by Gasteiger charge is 2.59. The molecular formula is C15H25F2N3O4Si. The van der Waals surface area contributed by atoms with E-state index in [0.29, 0.717) is 4.57 Å². The first kappa shape index (κ1) is 20.0. The van der Waals surface area contributed by atoms with Crippen LogP contribution >= 0.6 is 0 Å². The quantitative estimate of drug-likeness (QED) is 0.772. The summed E-state index contributed by atoms with van der Waals surface area (Å²) in [5, 5.41) is 9.92. The van der Waals surface area contributed by atoms with E-state index in [4.69, 9.17) is 14.9 Å². The van der Waals surface area contributed by atoms with Crippen molar-refractivity contribution in [2.45, 2.75) is 63.3 Å². The van der Waals surface area contributed by atoms with E-state index in [1.54, 1.807) is 0 Å². The van der Waals surface area contributed by atoms with Crippen molar-refractivity contribution in [3.8, 4) is 0 Å². The third-order valence-electron chi connectivity index (χ3n) is 4.91. The molecule has 0 saturated carbocycles. The molecule has 0 aliphatic carbocycles. The molecule has 1 fully saturated rings. The minimum absolute atomic E-state index is 0.115. The molecular weight excluding hydrogens is 352 g/mol. The van der Waals surface area contributed by atoms with E-state index in [2.05, 4.69) is 4.98 Å². The maximum Gasteiger partial charge on any atom is 0.354 e. The molecule has 1 aliphatic heterocycles. The summed E-state index contributed by atoms with van der Waals surface area (Å²) in [5.41, 5.74) is 4.24. The van der Waals surface area contributed by atoms with Crippen LogP contribution in [0.3, 0.4) is 0 Å². The zero-order valence-corrected chi connectivity index (χ0v) is 16.0. The molecule has 2 unspecified atom stereocenters. The van der Waals surface area contributed by atoms with Gasteiger partial charge in [0.25, 0.3) is 0 Å². The third kappa shape index (κ3) is 3.62. The molecule has 1 aromatic rings. The molecule has 3 N–H and O–H groups in total. The van der Waals surface area contributed by atoms with Crippen LogP contribution in [-0.2, 0) is 15.1 Å². The molecule has 0 amide bonds. The zero-order chi connectivity index (χ0) is 19.2. The van der Waals surface area contributed by atoms with Crippen molar-refractivity contribution in [1.29, 1.82) is 0 Å². The van der Waals surface area contributed by atoms with Crippen LogP contribution in [0.5, 0.6) is 0 Å². The van der Waals surface area contributed by atoms with E-state index in [1.807, 2.05) is 33.9 Å². The monoisotopic (exact) mass is 377 g/mol. The van der Waals surface area contributed by atoms with Crippen LogP contribution in [0.1, 0.15) is 20.8 Å². The van der Waals surface area contributed by atoms with Crippen molar-refractivity contribution in [2.24, 2.45) is 0 Å². The number of aromatic nitrogens is 2. The fourth-order valence-corrected chi connectivity index (χ4v) is 3.24. The summed E-state index contributed by atoms with van der Waals surface area (Å²) >= 11 is 0. The van der Waals surface area contributed by atoms with Gasteiger partial charge in [0.2, 0.25) is 6.17 Å². The highest BCUT2D eigenvalue weighted by Crippen LogP contribution is 2.40. The second-order valence-electron chi connectivity index (χ2n) is 7.73. The van der Waals surface area contributed by atoms with Crippen LogP contribution in [0, 0.1) is 0 Å². The molecule has 1 saturated heterocycles. The molecule has 2 rings (SSSR count). The molecule has 10 heteroatoms. The third-order valence-corrected chi connectivity index (χ3v) is 9.41. The molecule has 0 bridgehead atoms. The second-order valence-corrected chi connectivity index (χ2v) is 12.5. The van der Waals surface area contributed by atoms with Gasteiger partial charge in [-0.3, -0.25) is 0 Å². The lowest BCUT2D eigenvalue weighted by molar-refractivity contribution is -0.226. The average Bonchev–Trinajstić information content (AvgIpc) is 2.69. The van der Waals surface area contributed by atoms with E-state index >= 15 is 4.39 Å². The van der Waals surface area contributed by atoms with Gasteiger partial charge < -0.3 is 20.0 Å². The molecule has 0 radical (unpaired) electrons. The van der Waals surface area contributed by atoms with Gasteiger partial charge in [-0.2, -0.15) is 9.37 Å². The Kier molecular flexibility index (Phi) is 5.12. The lowest BCUT2D eigenvalue weighted by atomic mass is 10.1. The summed E-state index contributed by atoms with van der Waals surface area (Å²) in [7, 11) is -2.20. The summed E-state index contributed by atoms with van der Waals surface area (Å²) in [6, 6.07) is 1.14. The zero-order valence-electron chi connectivity index (χ0n) is 15.0. The Hall–Kier alpha value is -1.36. The van der Waals surface area contributed by atoms with E-state index in [-0.39, 0.29) is 17.5 Å². The lowest BCUT2D eigenvalue weighted by Crippen LogP contribution is -2.45. The smallest absolute Gasteiger partial charge is 0.354 e. The standard InChI is InChI=1S/C15H25F2N3O4Si/c1-14(2,3)25(4,5)23-8-9-11(21)12(16)15(17,24-9)20-7-6-10(18)19-13(20)22/h6-7,9,11-12,21H,8H2,1-5H3,(H2,18,19,22)/t9-,11?,12?,15+/m1/s1. The Bertz CT molecular complexity index is 694. The highest BCUT2D eigenvalue weighted by atomic mass is 28.4. The number of alkyl halides is 2. The van der Waals surface area contributed by atoms with Gasteiger partial charge in [-0.1, -0.05) is 20.8 Å². The van der Waals surface area contributed by atoms with Gasteiger partial charge in [0.05, 0.1) is 6.61 Å². The second kappa shape index (κ2) is 6.42. The van der Waals surface area contributed by atoms with Gasteiger partial charge >= 0.3 is 11.7 Å². The fraction of sp³-hybridized carbons (Fsp3) is 0.733. The maximum atomic E-state index is 15.1. The first-order chi connectivity index (χ1) is 11.3. The summed E-state index contributed by atoms with van der Waals surface area (Å²) in [6.07, 6.45) is -4.55. The number of nitrogens with two attached hydrogens (primary N) is 1. The summed E-state index contributed by atoms with van der Waals surface area (Å²) in [5.74, 6) is -3.30. The first-order valence-electron chi connectivity index (χ1n) is 7.98. The number of rotatable bonds is 4.